The van der Waals surface area contributed by atoms with Crippen LogP contribution in [0.2, 0.25) is 10.0 Å². The Bertz CT molecular complexity index is 1680. The fourth-order valence-corrected chi connectivity index (χ4v) is 4.37. The lowest BCUT2D eigenvalue weighted by Gasteiger charge is -2.08. The lowest BCUT2D eigenvalue weighted by atomic mass is 10.2. The molecule has 6 rings (SSSR count). The standard InChI is InChI=1S/C32H24Cl2N6O2/c33-25-9-13-27(14-10-25)39-19-17-31(37-39)41-21-23-5-1-3-7-29(23)35-36-30-8-4-2-6-24(30)22-42-32-18-20-40(38-32)28-15-11-26(34)12-16-28/h1-20H,21-22H2. The lowest BCUT2D eigenvalue weighted by molar-refractivity contribution is 0.292. The molecule has 8 nitrogen and oxygen atoms in total. The molecular formula is C32H24Cl2N6O2. The van der Waals surface area contributed by atoms with Crippen LogP contribution in [0.25, 0.3) is 11.4 Å². The van der Waals surface area contributed by atoms with Crippen molar-refractivity contribution in [3.05, 3.63) is 143 Å². The predicted molar refractivity (Wildman–Crippen MR) is 163 cm³/mol. The van der Waals surface area contributed by atoms with Gasteiger partial charge in [0.15, 0.2) is 0 Å². The highest BCUT2D eigenvalue weighted by molar-refractivity contribution is 6.30. The molecule has 6 aromatic rings. The van der Waals surface area contributed by atoms with Crippen molar-refractivity contribution in [2.45, 2.75) is 13.2 Å². The summed E-state index contributed by atoms with van der Waals surface area (Å²) in [4.78, 5) is 0. The molecule has 0 spiro atoms. The van der Waals surface area contributed by atoms with Crippen LogP contribution in [0.4, 0.5) is 11.4 Å². The van der Waals surface area contributed by atoms with Gasteiger partial charge in [-0.15, -0.1) is 10.2 Å². The van der Waals surface area contributed by atoms with Crippen molar-refractivity contribution < 1.29 is 9.47 Å². The fourth-order valence-electron chi connectivity index (χ4n) is 4.12. The Hall–Kier alpha value is -4.92. The van der Waals surface area contributed by atoms with Crippen LogP contribution in [0.3, 0.4) is 0 Å². The molecule has 0 saturated heterocycles. The first kappa shape index (κ1) is 27.3. The number of aromatic nitrogens is 4. The molecular weight excluding hydrogens is 571 g/mol. The van der Waals surface area contributed by atoms with E-state index in [1.807, 2.05) is 122 Å². The van der Waals surface area contributed by atoms with E-state index in [0.717, 1.165) is 22.5 Å². The minimum absolute atomic E-state index is 0.286. The molecule has 0 fully saturated rings. The van der Waals surface area contributed by atoms with Gasteiger partial charge in [-0.2, -0.15) is 10.2 Å². The molecule has 0 amide bonds. The van der Waals surface area contributed by atoms with Crippen LogP contribution >= 0.6 is 23.2 Å². The average Bonchev–Trinajstić information content (AvgIpc) is 3.70. The summed E-state index contributed by atoms with van der Waals surface area (Å²) >= 11 is 12.0. The lowest BCUT2D eigenvalue weighted by Crippen LogP contribution is -1.99. The van der Waals surface area contributed by atoms with Gasteiger partial charge in [0, 0.05) is 45.7 Å². The fraction of sp³-hybridized carbons (Fsp3) is 0.0625. The molecule has 4 aromatic carbocycles. The Balaban J connectivity index is 1.11. The van der Waals surface area contributed by atoms with Crippen LogP contribution in [0.5, 0.6) is 11.8 Å². The maximum Gasteiger partial charge on any atom is 0.233 e. The number of ether oxygens (including phenoxy) is 2. The van der Waals surface area contributed by atoms with Gasteiger partial charge in [0.2, 0.25) is 11.8 Å². The van der Waals surface area contributed by atoms with E-state index in [9.17, 15) is 0 Å². The van der Waals surface area contributed by atoms with E-state index < -0.39 is 0 Å². The third-order valence-corrected chi connectivity index (χ3v) is 6.82. The molecule has 0 radical (unpaired) electrons. The molecule has 0 N–H and O–H groups in total. The second-order valence-corrected chi connectivity index (χ2v) is 10.1. The summed E-state index contributed by atoms with van der Waals surface area (Å²) in [7, 11) is 0. The smallest absolute Gasteiger partial charge is 0.233 e. The number of azo groups is 1. The van der Waals surface area contributed by atoms with Crippen molar-refractivity contribution in [2.24, 2.45) is 10.2 Å². The van der Waals surface area contributed by atoms with Gasteiger partial charge in [-0.05, 0) is 60.7 Å². The molecule has 42 heavy (non-hydrogen) atoms. The molecule has 0 saturated carbocycles. The van der Waals surface area contributed by atoms with Crippen LogP contribution in [-0.4, -0.2) is 19.6 Å². The van der Waals surface area contributed by atoms with Crippen molar-refractivity contribution in [1.29, 1.82) is 0 Å². The van der Waals surface area contributed by atoms with E-state index >= 15 is 0 Å². The van der Waals surface area contributed by atoms with Crippen molar-refractivity contribution in [2.75, 3.05) is 0 Å². The Labute approximate surface area is 252 Å². The Kier molecular flexibility index (Phi) is 8.26. The first-order valence-electron chi connectivity index (χ1n) is 13.1. The van der Waals surface area contributed by atoms with Crippen molar-refractivity contribution >= 4 is 34.6 Å². The van der Waals surface area contributed by atoms with E-state index in [0.29, 0.717) is 33.2 Å². The summed E-state index contributed by atoms with van der Waals surface area (Å²) in [6.07, 6.45) is 3.68. The number of hydrogen-bond donors (Lipinski definition) is 0. The summed E-state index contributed by atoms with van der Waals surface area (Å²) < 4.78 is 15.4. The molecule has 0 aliphatic carbocycles. The zero-order valence-corrected chi connectivity index (χ0v) is 23.7. The third-order valence-electron chi connectivity index (χ3n) is 6.31. The Morgan fingerprint density at radius 3 is 1.36 bits per heavy atom. The molecule has 208 valence electrons. The number of halogens is 2. The molecule has 0 bridgehead atoms. The molecule has 2 heterocycles. The maximum atomic E-state index is 5.99. The topological polar surface area (TPSA) is 78.8 Å². The minimum atomic E-state index is 0.286. The SMILES string of the molecule is Clc1ccc(-n2ccc(OCc3ccccc3N=Nc3ccccc3COc3ccn(-c4ccc(Cl)cc4)n3)n2)cc1. The second kappa shape index (κ2) is 12.7. The molecule has 0 aliphatic heterocycles. The maximum absolute atomic E-state index is 5.99. The number of benzene rings is 4. The largest absolute Gasteiger partial charge is 0.472 e. The van der Waals surface area contributed by atoms with Crippen LogP contribution in [0.1, 0.15) is 11.1 Å². The van der Waals surface area contributed by atoms with Gasteiger partial charge in [0.25, 0.3) is 0 Å². The number of rotatable bonds is 10. The van der Waals surface area contributed by atoms with Gasteiger partial charge in [0.1, 0.15) is 13.2 Å². The van der Waals surface area contributed by atoms with Crippen LogP contribution in [0, 0.1) is 0 Å². The molecule has 2 aromatic heterocycles. The van der Waals surface area contributed by atoms with Crippen molar-refractivity contribution in [3.8, 4) is 23.1 Å². The highest BCUT2D eigenvalue weighted by atomic mass is 35.5. The number of hydrogen-bond acceptors (Lipinski definition) is 6. The Morgan fingerprint density at radius 1 is 0.524 bits per heavy atom. The van der Waals surface area contributed by atoms with Gasteiger partial charge >= 0.3 is 0 Å². The molecule has 0 unspecified atom stereocenters. The predicted octanol–water partition coefficient (Wildman–Crippen LogP) is 8.94. The Morgan fingerprint density at radius 2 is 0.929 bits per heavy atom. The normalized spacial score (nSPS) is 11.2. The van der Waals surface area contributed by atoms with Crippen molar-refractivity contribution in [1.82, 2.24) is 19.6 Å². The van der Waals surface area contributed by atoms with Gasteiger partial charge in [0.05, 0.1) is 22.7 Å². The average molecular weight is 595 g/mol. The van der Waals surface area contributed by atoms with Gasteiger partial charge in [-0.1, -0.05) is 59.6 Å². The van der Waals surface area contributed by atoms with E-state index in [1.54, 1.807) is 9.36 Å². The van der Waals surface area contributed by atoms with E-state index in [1.165, 1.54) is 0 Å². The molecule has 10 heteroatoms. The minimum Gasteiger partial charge on any atom is -0.472 e. The zero-order valence-electron chi connectivity index (χ0n) is 22.2. The van der Waals surface area contributed by atoms with Gasteiger partial charge < -0.3 is 9.47 Å². The summed E-state index contributed by atoms with van der Waals surface area (Å²) in [5.41, 5.74) is 4.94. The first-order chi connectivity index (χ1) is 20.6. The van der Waals surface area contributed by atoms with Crippen molar-refractivity contribution in [3.63, 3.8) is 0 Å². The molecule has 0 aliphatic rings. The van der Waals surface area contributed by atoms with E-state index in [4.69, 9.17) is 32.7 Å². The van der Waals surface area contributed by atoms with E-state index in [2.05, 4.69) is 20.4 Å². The number of nitrogens with zero attached hydrogens (tertiary/aromatic N) is 6. The summed E-state index contributed by atoms with van der Waals surface area (Å²) in [5, 5.41) is 19.4. The summed E-state index contributed by atoms with van der Waals surface area (Å²) in [6.45, 7) is 0.571. The zero-order chi connectivity index (χ0) is 28.7. The van der Waals surface area contributed by atoms with E-state index in [-0.39, 0.29) is 13.2 Å². The van der Waals surface area contributed by atoms with Gasteiger partial charge in [-0.3, -0.25) is 0 Å². The second-order valence-electron chi connectivity index (χ2n) is 9.18. The summed E-state index contributed by atoms with van der Waals surface area (Å²) in [6, 6.07) is 33.9. The summed E-state index contributed by atoms with van der Waals surface area (Å²) in [5.74, 6) is 0.996. The molecule has 0 atom stereocenters. The monoisotopic (exact) mass is 594 g/mol. The van der Waals surface area contributed by atoms with Crippen LogP contribution < -0.4 is 9.47 Å². The third kappa shape index (κ3) is 6.68. The van der Waals surface area contributed by atoms with Crippen LogP contribution in [-0.2, 0) is 13.2 Å². The first-order valence-corrected chi connectivity index (χ1v) is 13.8. The van der Waals surface area contributed by atoms with Crippen LogP contribution in [0.15, 0.2) is 132 Å². The van der Waals surface area contributed by atoms with Gasteiger partial charge in [-0.25, -0.2) is 9.36 Å². The highest BCUT2D eigenvalue weighted by Crippen LogP contribution is 2.27. The highest BCUT2D eigenvalue weighted by Gasteiger charge is 2.08. The quantitative estimate of drug-likeness (QED) is 0.148.